The molecule has 1 aliphatic carbocycles. The molecule has 2 heterocycles. The lowest BCUT2D eigenvalue weighted by molar-refractivity contribution is -0.797. The Kier molecular flexibility index (Phi) is 6.89. The molecule has 0 N–H and O–H groups in total. The smallest absolute Gasteiger partial charge is 0.255 e. The lowest BCUT2D eigenvalue weighted by Gasteiger charge is -2.33. The number of halogens is 1. The van der Waals surface area contributed by atoms with E-state index in [1.54, 1.807) is 6.07 Å². The Labute approximate surface area is 221 Å². The van der Waals surface area contributed by atoms with Crippen molar-refractivity contribution in [3.05, 3.63) is 101 Å². The maximum Gasteiger partial charge on any atom is 0.255 e. The predicted octanol–water partition coefficient (Wildman–Crippen LogP) is 4.49. The molecule has 7 heteroatoms. The summed E-state index contributed by atoms with van der Waals surface area (Å²) in [5.41, 5.74) is 4.79. The van der Waals surface area contributed by atoms with Crippen LogP contribution in [0, 0.1) is 5.82 Å². The minimum absolute atomic E-state index is 0.0561. The van der Waals surface area contributed by atoms with E-state index >= 15 is 0 Å². The van der Waals surface area contributed by atoms with Gasteiger partial charge in [0, 0.05) is 35.6 Å². The highest BCUT2D eigenvalue weighted by atomic mass is 19.1. The Hall–Kier alpha value is -3.65. The largest absolute Gasteiger partial charge is 0.534 e. The topological polar surface area (TPSA) is 62.2 Å². The molecule has 6 nitrogen and oxygen atoms in total. The van der Waals surface area contributed by atoms with Gasteiger partial charge in [-0.2, -0.15) is 0 Å². The molecule has 0 spiro atoms. The number of hydrogen-bond donors (Lipinski definition) is 0. The fourth-order valence-corrected chi connectivity index (χ4v) is 5.27. The first-order chi connectivity index (χ1) is 18.6. The second-order valence-corrected chi connectivity index (χ2v) is 10.1. The first kappa shape index (κ1) is 24.7. The Balaban J connectivity index is 1.50. The number of pyridine rings is 1. The van der Waals surface area contributed by atoms with Gasteiger partial charge in [0.05, 0.1) is 29.9 Å². The molecule has 0 unspecified atom stereocenters. The van der Waals surface area contributed by atoms with E-state index in [0.29, 0.717) is 45.0 Å². The molecule has 1 saturated heterocycles. The molecule has 1 amide bonds. The van der Waals surface area contributed by atoms with Crippen molar-refractivity contribution >= 4 is 16.8 Å². The molecule has 2 aliphatic rings. The van der Waals surface area contributed by atoms with Gasteiger partial charge in [0.1, 0.15) is 5.82 Å². The summed E-state index contributed by atoms with van der Waals surface area (Å²) < 4.78 is 15.9. The van der Waals surface area contributed by atoms with Crippen molar-refractivity contribution in [3.8, 4) is 11.3 Å². The zero-order chi connectivity index (χ0) is 26.1. The maximum atomic E-state index is 14.6. The number of para-hydroxylation sites is 1. The summed E-state index contributed by atoms with van der Waals surface area (Å²) in [6.07, 6.45) is 1.88. The van der Waals surface area contributed by atoms with Gasteiger partial charge in [0.2, 0.25) is 0 Å². The van der Waals surface area contributed by atoms with Crippen molar-refractivity contribution in [2.45, 2.75) is 32.0 Å². The van der Waals surface area contributed by atoms with Gasteiger partial charge in [-0.05, 0) is 36.6 Å². The second-order valence-electron chi connectivity index (χ2n) is 10.1. The van der Waals surface area contributed by atoms with Gasteiger partial charge in [-0.25, -0.2) is 9.37 Å². The maximum absolute atomic E-state index is 14.6. The van der Waals surface area contributed by atoms with Gasteiger partial charge in [-0.1, -0.05) is 60.7 Å². The highest BCUT2D eigenvalue weighted by molar-refractivity contribution is 6.09. The van der Waals surface area contributed by atoms with Crippen LogP contribution < -0.4 is 5.26 Å². The van der Waals surface area contributed by atoms with Crippen LogP contribution in [0.4, 0.5) is 4.39 Å². The van der Waals surface area contributed by atoms with E-state index in [9.17, 15) is 14.4 Å². The number of amides is 1. The molecule has 6 rings (SSSR count). The van der Waals surface area contributed by atoms with Crippen molar-refractivity contribution in [2.24, 2.45) is 0 Å². The molecule has 194 valence electrons. The SMILES string of the molecule is O=C(c1c(CN2CC[O+]([O-])CC2)c(-c2ccccc2)nc2ccccc12)N(Cc1cccc(F)c1)C1CC1. The summed E-state index contributed by atoms with van der Waals surface area (Å²) in [6, 6.07) is 24.4. The molecule has 3 aromatic carbocycles. The number of aromatic nitrogens is 1. The number of morpholine rings is 1. The highest BCUT2D eigenvalue weighted by Gasteiger charge is 2.36. The summed E-state index contributed by atoms with van der Waals surface area (Å²) in [6.45, 7) is 2.77. The van der Waals surface area contributed by atoms with Crippen LogP contribution in [0.5, 0.6) is 0 Å². The Bertz CT molecular complexity index is 1450. The summed E-state index contributed by atoms with van der Waals surface area (Å²) >= 11 is 0. The van der Waals surface area contributed by atoms with E-state index in [1.165, 1.54) is 12.1 Å². The Morgan fingerprint density at radius 1 is 1.00 bits per heavy atom. The van der Waals surface area contributed by atoms with Gasteiger partial charge < -0.3 is 14.7 Å². The zero-order valence-electron chi connectivity index (χ0n) is 21.2. The lowest BCUT2D eigenvalue weighted by Crippen LogP contribution is -2.46. The number of hydrogen-bond acceptors (Lipinski definition) is 4. The molecule has 0 atom stereocenters. The van der Waals surface area contributed by atoms with E-state index in [4.69, 9.17) is 4.98 Å². The predicted molar refractivity (Wildman–Crippen MR) is 143 cm³/mol. The third-order valence-electron chi connectivity index (χ3n) is 7.40. The third kappa shape index (κ3) is 5.18. The van der Waals surface area contributed by atoms with Crippen molar-refractivity contribution in [2.75, 3.05) is 26.3 Å². The van der Waals surface area contributed by atoms with Crippen LogP contribution >= 0.6 is 0 Å². The molecular weight excluding hydrogens is 481 g/mol. The van der Waals surface area contributed by atoms with Crippen molar-refractivity contribution < 1.29 is 19.0 Å². The summed E-state index contributed by atoms with van der Waals surface area (Å²) in [4.78, 5) is 23.7. The summed E-state index contributed by atoms with van der Waals surface area (Å²) in [5.74, 6) is -0.359. The van der Waals surface area contributed by atoms with E-state index in [0.717, 1.165) is 46.1 Å². The number of benzene rings is 3. The van der Waals surface area contributed by atoms with Crippen LogP contribution in [0.25, 0.3) is 22.2 Å². The molecule has 1 aromatic heterocycles. The molecule has 38 heavy (non-hydrogen) atoms. The molecule has 4 aromatic rings. The quantitative estimate of drug-likeness (QED) is 0.271. The lowest BCUT2D eigenvalue weighted by atomic mass is 9.94. The fraction of sp³-hybridized carbons (Fsp3) is 0.290. The fourth-order valence-electron chi connectivity index (χ4n) is 5.27. The zero-order valence-corrected chi connectivity index (χ0v) is 21.2. The van der Waals surface area contributed by atoms with Gasteiger partial charge in [0.25, 0.3) is 5.91 Å². The van der Waals surface area contributed by atoms with Crippen molar-refractivity contribution in [1.82, 2.24) is 14.8 Å². The number of nitrogens with zero attached hydrogens (tertiary/aromatic N) is 3. The van der Waals surface area contributed by atoms with Gasteiger partial charge in [-0.3, -0.25) is 9.69 Å². The average molecular weight is 512 g/mol. The van der Waals surface area contributed by atoms with E-state index in [2.05, 4.69) is 4.90 Å². The monoisotopic (exact) mass is 511 g/mol. The van der Waals surface area contributed by atoms with E-state index in [1.807, 2.05) is 70.1 Å². The molecule has 1 aliphatic heterocycles. The first-order valence-electron chi connectivity index (χ1n) is 13.2. The number of carbonyl (C=O) groups excluding carboxylic acids is 1. The van der Waals surface area contributed by atoms with Crippen LogP contribution in [0.2, 0.25) is 0 Å². The van der Waals surface area contributed by atoms with Gasteiger partial charge in [0.15, 0.2) is 13.2 Å². The second kappa shape index (κ2) is 10.6. The molecular formula is C31H30FN3O3. The minimum Gasteiger partial charge on any atom is -0.534 e. The Morgan fingerprint density at radius 3 is 2.47 bits per heavy atom. The molecule has 0 radical (unpaired) electrons. The van der Waals surface area contributed by atoms with E-state index < -0.39 is 0 Å². The van der Waals surface area contributed by atoms with Crippen LogP contribution in [0.1, 0.15) is 34.3 Å². The summed E-state index contributed by atoms with van der Waals surface area (Å²) in [5, 5.41) is 12.6. The third-order valence-corrected chi connectivity index (χ3v) is 7.40. The van der Waals surface area contributed by atoms with Crippen LogP contribution in [-0.2, 0) is 17.6 Å². The van der Waals surface area contributed by atoms with Crippen LogP contribution in [-0.4, -0.2) is 53.0 Å². The van der Waals surface area contributed by atoms with Gasteiger partial charge in [-0.15, -0.1) is 0 Å². The standard InChI is InChI=1S/C31H30FN3O3/c32-24-10-6-7-22(19-24)20-35(25-13-14-25)31(36)29-26-11-4-5-12-28(26)33-30(23-8-2-1-3-9-23)27(29)21-34-15-17-38(37)18-16-34/h1-12,19,25H,13-18,20-21H2. The van der Waals surface area contributed by atoms with Crippen LogP contribution in [0.15, 0.2) is 78.9 Å². The average Bonchev–Trinajstić information content (AvgIpc) is 3.78. The normalized spacial score (nSPS) is 16.6. The molecule has 1 saturated carbocycles. The number of carbonyl (C=O) groups is 1. The van der Waals surface area contributed by atoms with E-state index in [-0.39, 0.29) is 17.8 Å². The first-order valence-corrected chi connectivity index (χ1v) is 13.2. The number of fused-ring (bicyclic) bond motifs is 1. The van der Waals surface area contributed by atoms with Crippen molar-refractivity contribution in [1.29, 1.82) is 0 Å². The van der Waals surface area contributed by atoms with Crippen molar-refractivity contribution in [3.63, 3.8) is 0 Å². The van der Waals surface area contributed by atoms with Crippen LogP contribution in [0.3, 0.4) is 0 Å². The van der Waals surface area contributed by atoms with Gasteiger partial charge >= 0.3 is 0 Å². The summed E-state index contributed by atoms with van der Waals surface area (Å²) in [7, 11) is 0. The molecule has 2 fully saturated rings. The Morgan fingerprint density at radius 2 is 1.74 bits per heavy atom. The molecule has 0 bridgehead atoms. The number of rotatable bonds is 7. The highest BCUT2D eigenvalue weighted by Crippen LogP contribution is 2.36. The minimum atomic E-state index is -0.303.